The predicted molar refractivity (Wildman–Crippen MR) is 79.0 cm³/mol. The Balaban J connectivity index is 1.94. The molecule has 2 rings (SSSR count). The van der Waals surface area contributed by atoms with Crippen LogP contribution in [-0.4, -0.2) is 16.1 Å². The largest absolute Gasteiger partial charge is 0.297 e. The maximum absolute atomic E-state index is 11.6. The highest BCUT2D eigenvalue weighted by Gasteiger charge is 2.04. The second-order valence-corrected chi connectivity index (χ2v) is 6.88. The number of hydrogen-bond acceptors (Lipinski definition) is 5. The van der Waals surface area contributed by atoms with Crippen LogP contribution in [0.3, 0.4) is 0 Å². The van der Waals surface area contributed by atoms with Gasteiger partial charge in [0.1, 0.15) is 5.01 Å². The van der Waals surface area contributed by atoms with Crippen molar-refractivity contribution in [1.29, 1.82) is 0 Å². The number of anilines is 1. The quantitative estimate of drug-likeness (QED) is 0.863. The van der Waals surface area contributed by atoms with Gasteiger partial charge in [0.25, 0.3) is 0 Å². The lowest BCUT2D eigenvalue weighted by Crippen LogP contribution is -2.07. The summed E-state index contributed by atoms with van der Waals surface area (Å²) < 4.78 is 1.04. The van der Waals surface area contributed by atoms with E-state index in [0.29, 0.717) is 5.13 Å². The van der Waals surface area contributed by atoms with Gasteiger partial charge in [0, 0.05) is 11.0 Å². The summed E-state index contributed by atoms with van der Waals surface area (Å²) in [5.41, 5.74) is 0. The van der Waals surface area contributed by atoms with Gasteiger partial charge >= 0.3 is 0 Å². The van der Waals surface area contributed by atoms with Crippen molar-refractivity contribution in [3.8, 4) is 0 Å². The number of hydrogen-bond donors (Lipinski definition) is 1. The van der Waals surface area contributed by atoms with Crippen LogP contribution >= 0.6 is 38.6 Å². The molecule has 0 unspecified atom stereocenters. The third-order valence-corrected chi connectivity index (χ3v) is 4.56. The summed E-state index contributed by atoms with van der Waals surface area (Å²) in [6.45, 7) is 2.00. The first-order chi connectivity index (χ1) is 8.67. The van der Waals surface area contributed by atoms with Gasteiger partial charge in [0.2, 0.25) is 11.0 Å². The van der Waals surface area contributed by atoms with E-state index in [0.717, 1.165) is 20.1 Å². The Labute approximate surface area is 121 Å². The van der Waals surface area contributed by atoms with Crippen LogP contribution in [0.1, 0.15) is 16.8 Å². The fourth-order valence-corrected chi connectivity index (χ4v) is 3.18. The van der Waals surface area contributed by atoms with Crippen molar-refractivity contribution in [2.45, 2.75) is 13.3 Å². The van der Waals surface area contributed by atoms with E-state index in [4.69, 9.17) is 0 Å². The SMILES string of the molecule is CCc1nnc(NC(=O)C=Cc2ccc(Br)s2)s1. The lowest BCUT2D eigenvalue weighted by atomic mass is 10.4. The van der Waals surface area contributed by atoms with E-state index in [1.807, 2.05) is 19.1 Å². The minimum Gasteiger partial charge on any atom is -0.297 e. The van der Waals surface area contributed by atoms with Crippen LogP contribution in [-0.2, 0) is 11.2 Å². The number of amides is 1. The number of nitrogens with zero attached hydrogens (tertiary/aromatic N) is 2. The topological polar surface area (TPSA) is 54.9 Å². The molecule has 0 aliphatic carbocycles. The van der Waals surface area contributed by atoms with Gasteiger partial charge in [-0.15, -0.1) is 21.5 Å². The molecule has 2 aromatic rings. The van der Waals surface area contributed by atoms with E-state index in [1.165, 1.54) is 17.4 Å². The molecule has 0 radical (unpaired) electrons. The van der Waals surface area contributed by atoms with E-state index in [9.17, 15) is 4.79 Å². The molecule has 0 aliphatic rings. The van der Waals surface area contributed by atoms with Gasteiger partial charge in [-0.1, -0.05) is 18.3 Å². The second-order valence-electron chi connectivity index (χ2n) is 3.32. The first-order valence-electron chi connectivity index (χ1n) is 5.24. The minimum absolute atomic E-state index is 0.196. The molecule has 2 heterocycles. The van der Waals surface area contributed by atoms with Crippen molar-refractivity contribution in [3.05, 3.63) is 31.9 Å². The summed E-state index contributed by atoms with van der Waals surface area (Å²) in [6, 6.07) is 3.89. The molecule has 7 heteroatoms. The van der Waals surface area contributed by atoms with Gasteiger partial charge in [-0.3, -0.25) is 10.1 Å². The van der Waals surface area contributed by atoms with E-state index < -0.39 is 0 Å². The zero-order valence-corrected chi connectivity index (χ0v) is 12.7. The fourth-order valence-electron chi connectivity index (χ4n) is 1.17. The molecule has 4 nitrogen and oxygen atoms in total. The molecular weight excluding hydrogens is 334 g/mol. The van der Waals surface area contributed by atoms with Crippen LogP contribution in [0.5, 0.6) is 0 Å². The first kappa shape index (κ1) is 13.4. The lowest BCUT2D eigenvalue weighted by molar-refractivity contribution is -0.111. The minimum atomic E-state index is -0.196. The molecule has 0 aromatic carbocycles. The molecule has 0 saturated heterocycles. The Morgan fingerprint density at radius 1 is 1.44 bits per heavy atom. The van der Waals surface area contributed by atoms with Crippen LogP contribution < -0.4 is 5.32 Å². The molecule has 2 aromatic heterocycles. The highest BCUT2D eigenvalue weighted by atomic mass is 79.9. The summed E-state index contributed by atoms with van der Waals surface area (Å²) >= 11 is 6.33. The van der Waals surface area contributed by atoms with Gasteiger partial charge in [-0.2, -0.15) is 0 Å². The molecule has 0 bridgehead atoms. The molecule has 1 N–H and O–H groups in total. The summed E-state index contributed by atoms with van der Waals surface area (Å²) in [7, 11) is 0. The molecule has 18 heavy (non-hydrogen) atoms. The van der Waals surface area contributed by atoms with Crippen LogP contribution in [0.2, 0.25) is 0 Å². The van der Waals surface area contributed by atoms with Crippen molar-refractivity contribution in [1.82, 2.24) is 10.2 Å². The zero-order valence-electron chi connectivity index (χ0n) is 9.51. The summed E-state index contributed by atoms with van der Waals surface area (Å²) in [5.74, 6) is -0.196. The Kier molecular flexibility index (Phi) is 4.62. The standard InChI is InChI=1S/C11H10BrN3OS2/c1-2-10-14-15-11(18-10)13-9(16)6-4-7-3-5-8(12)17-7/h3-6H,2H2,1H3,(H,13,15,16). The molecule has 0 saturated carbocycles. The van der Waals surface area contributed by atoms with Crippen LogP contribution in [0.4, 0.5) is 5.13 Å². The van der Waals surface area contributed by atoms with Crippen molar-refractivity contribution < 1.29 is 4.79 Å². The molecule has 0 fully saturated rings. The monoisotopic (exact) mass is 343 g/mol. The number of carbonyl (C=O) groups is 1. The van der Waals surface area contributed by atoms with E-state index in [-0.39, 0.29) is 5.91 Å². The number of thiophene rings is 1. The molecule has 0 atom stereocenters. The predicted octanol–water partition coefficient (Wildman–Crippen LogP) is 3.58. The average Bonchev–Trinajstić information content (AvgIpc) is 2.95. The third-order valence-electron chi connectivity index (χ3n) is 1.99. The van der Waals surface area contributed by atoms with Crippen LogP contribution in [0, 0.1) is 0 Å². The molecule has 0 spiro atoms. The van der Waals surface area contributed by atoms with Gasteiger partial charge in [-0.25, -0.2) is 0 Å². The Bertz CT molecular complexity index is 576. The maximum atomic E-state index is 11.6. The van der Waals surface area contributed by atoms with Crippen molar-refractivity contribution >= 4 is 55.7 Å². The van der Waals surface area contributed by atoms with Crippen LogP contribution in [0.25, 0.3) is 6.08 Å². The Hall–Kier alpha value is -1.05. The highest BCUT2D eigenvalue weighted by molar-refractivity contribution is 9.11. The lowest BCUT2D eigenvalue weighted by Gasteiger charge is -1.93. The van der Waals surface area contributed by atoms with Gasteiger partial charge in [-0.05, 0) is 40.6 Å². The summed E-state index contributed by atoms with van der Waals surface area (Å²) in [5, 5.41) is 12.0. The number of aromatic nitrogens is 2. The summed E-state index contributed by atoms with van der Waals surface area (Å²) in [6.07, 6.45) is 4.09. The Morgan fingerprint density at radius 3 is 2.89 bits per heavy atom. The molecule has 0 aliphatic heterocycles. The zero-order chi connectivity index (χ0) is 13.0. The average molecular weight is 344 g/mol. The van der Waals surface area contributed by atoms with Crippen LogP contribution in [0.15, 0.2) is 22.0 Å². The maximum Gasteiger partial charge on any atom is 0.250 e. The van der Waals surface area contributed by atoms with Gasteiger partial charge in [0.15, 0.2) is 0 Å². The Morgan fingerprint density at radius 2 is 2.28 bits per heavy atom. The van der Waals surface area contributed by atoms with Gasteiger partial charge in [0.05, 0.1) is 3.79 Å². The second kappa shape index (κ2) is 6.21. The van der Waals surface area contributed by atoms with Crippen molar-refractivity contribution in [2.75, 3.05) is 5.32 Å². The van der Waals surface area contributed by atoms with E-state index in [2.05, 4.69) is 31.4 Å². The van der Waals surface area contributed by atoms with Crippen molar-refractivity contribution in [3.63, 3.8) is 0 Å². The number of rotatable bonds is 4. The fraction of sp³-hybridized carbons (Fsp3) is 0.182. The van der Waals surface area contributed by atoms with Crippen molar-refractivity contribution in [2.24, 2.45) is 0 Å². The summed E-state index contributed by atoms with van der Waals surface area (Å²) in [4.78, 5) is 12.6. The normalized spacial score (nSPS) is 11.0. The number of nitrogens with one attached hydrogen (secondary N) is 1. The first-order valence-corrected chi connectivity index (χ1v) is 7.66. The van der Waals surface area contributed by atoms with E-state index in [1.54, 1.807) is 17.4 Å². The van der Waals surface area contributed by atoms with E-state index >= 15 is 0 Å². The smallest absolute Gasteiger partial charge is 0.250 e. The number of carbonyl (C=O) groups excluding carboxylic acids is 1. The highest BCUT2D eigenvalue weighted by Crippen LogP contribution is 2.23. The molecule has 1 amide bonds. The number of aryl methyl sites for hydroxylation is 1. The van der Waals surface area contributed by atoms with Gasteiger partial charge < -0.3 is 0 Å². The third kappa shape index (κ3) is 3.72. The number of halogens is 1. The molecule has 94 valence electrons. The molecular formula is C11H10BrN3OS2.